The van der Waals surface area contributed by atoms with Gasteiger partial charge in [0.15, 0.2) is 0 Å². The third kappa shape index (κ3) is 25.8. The van der Waals surface area contributed by atoms with Crippen molar-refractivity contribution in [3.63, 3.8) is 0 Å². The Morgan fingerprint density at radius 3 is 1.88 bits per heavy atom. The van der Waals surface area contributed by atoms with E-state index in [1.165, 1.54) is 57.8 Å². The van der Waals surface area contributed by atoms with Gasteiger partial charge in [-0.2, -0.15) is 0 Å². The first kappa shape index (κ1) is 19.1. The van der Waals surface area contributed by atoms with Crippen LogP contribution < -0.4 is 0 Å². The van der Waals surface area contributed by atoms with Gasteiger partial charge in [-0.15, -0.1) is 0 Å². The Balaban J connectivity index is 0. The number of allylic oxidation sites excluding steroid dienone is 3. The SMILES string of the molecule is C=CC=CCCCCCCCCCC.[O]=[Ti]=[O]. The molecule has 17 heavy (non-hydrogen) atoms. The van der Waals surface area contributed by atoms with Gasteiger partial charge in [0, 0.05) is 0 Å². The molecule has 98 valence electrons. The van der Waals surface area contributed by atoms with Crippen LogP contribution in [0.5, 0.6) is 0 Å². The topological polar surface area (TPSA) is 34.1 Å². The van der Waals surface area contributed by atoms with E-state index in [0.717, 1.165) is 0 Å². The molecule has 0 radical (unpaired) electrons. The van der Waals surface area contributed by atoms with E-state index < -0.39 is 19.1 Å². The molecule has 0 aromatic carbocycles. The molecule has 0 heterocycles. The molecule has 0 amide bonds. The fourth-order valence-electron chi connectivity index (χ4n) is 1.59. The fourth-order valence-corrected chi connectivity index (χ4v) is 1.59. The first-order valence-electron chi connectivity index (χ1n) is 6.60. The van der Waals surface area contributed by atoms with E-state index in [0.29, 0.717) is 0 Å². The molecular formula is C14H26O2Ti. The molecule has 0 bridgehead atoms. The second-order valence-corrected chi connectivity index (χ2v) is 4.27. The van der Waals surface area contributed by atoms with Crippen LogP contribution in [-0.2, 0) is 25.7 Å². The van der Waals surface area contributed by atoms with Gasteiger partial charge in [-0.3, -0.25) is 0 Å². The van der Waals surface area contributed by atoms with Gasteiger partial charge in [0.25, 0.3) is 0 Å². The molecule has 0 aliphatic heterocycles. The van der Waals surface area contributed by atoms with E-state index in [1.807, 2.05) is 12.2 Å². The Bertz CT molecular complexity index is 206. The first-order valence-corrected chi connectivity index (χ1v) is 7.87. The minimum atomic E-state index is -2.00. The maximum atomic E-state index is 8.50. The third-order valence-corrected chi connectivity index (χ3v) is 2.50. The Hall–Kier alpha value is -0.206. The molecule has 0 unspecified atom stereocenters. The molecule has 0 fully saturated rings. The van der Waals surface area contributed by atoms with Crippen molar-refractivity contribution in [2.45, 2.75) is 64.7 Å². The van der Waals surface area contributed by atoms with Crippen molar-refractivity contribution in [1.82, 2.24) is 0 Å². The molecule has 0 aromatic rings. The minimum absolute atomic E-state index is 1.22. The van der Waals surface area contributed by atoms with E-state index >= 15 is 0 Å². The maximum absolute atomic E-state index is 8.50. The molecule has 0 atom stereocenters. The van der Waals surface area contributed by atoms with Crippen LogP contribution in [0, 0.1) is 0 Å². The predicted octanol–water partition coefficient (Wildman–Crippen LogP) is 5.02. The van der Waals surface area contributed by atoms with Gasteiger partial charge in [-0.25, -0.2) is 0 Å². The monoisotopic (exact) mass is 274 g/mol. The molecule has 0 spiro atoms. The van der Waals surface area contributed by atoms with Crippen LogP contribution in [0.1, 0.15) is 64.7 Å². The summed E-state index contributed by atoms with van der Waals surface area (Å²) in [5, 5.41) is 0. The second kappa shape index (κ2) is 21.1. The van der Waals surface area contributed by atoms with Gasteiger partial charge in [0.1, 0.15) is 0 Å². The standard InChI is InChI=1S/C14H26.2O.Ti/c1-3-5-7-9-11-13-14-12-10-8-6-4-2;;;/h3,5,7H,1,4,6,8-14H2,2H3;;;. The number of hydrogen-bond acceptors (Lipinski definition) is 2. The summed E-state index contributed by atoms with van der Waals surface area (Å²) in [6.45, 7) is 5.92. The van der Waals surface area contributed by atoms with E-state index in [-0.39, 0.29) is 0 Å². The Kier molecular flexibility index (Phi) is 23.8. The molecule has 0 saturated heterocycles. The van der Waals surface area contributed by atoms with Crippen LogP contribution in [0.15, 0.2) is 24.8 Å². The van der Waals surface area contributed by atoms with Crippen LogP contribution in [0.2, 0.25) is 0 Å². The van der Waals surface area contributed by atoms with Crippen LogP contribution >= 0.6 is 0 Å². The zero-order valence-electron chi connectivity index (χ0n) is 11.1. The summed E-state index contributed by atoms with van der Waals surface area (Å²) in [4.78, 5) is 0. The van der Waals surface area contributed by atoms with Crippen LogP contribution in [-0.4, -0.2) is 0 Å². The molecule has 0 aromatic heterocycles. The first-order chi connectivity index (χ1) is 8.33. The van der Waals surface area contributed by atoms with Crippen LogP contribution in [0.4, 0.5) is 0 Å². The van der Waals surface area contributed by atoms with Gasteiger partial charge in [0.2, 0.25) is 0 Å². The van der Waals surface area contributed by atoms with Crippen molar-refractivity contribution >= 4 is 0 Å². The number of hydrogen-bond donors (Lipinski definition) is 0. The zero-order chi connectivity index (χ0) is 13.2. The normalized spacial score (nSPS) is 9.47. The van der Waals surface area contributed by atoms with Gasteiger partial charge in [-0.1, -0.05) is 76.7 Å². The summed E-state index contributed by atoms with van der Waals surface area (Å²) in [5.74, 6) is 0. The van der Waals surface area contributed by atoms with Gasteiger partial charge in [-0.05, 0) is 12.8 Å². The Morgan fingerprint density at radius 2 is 1.41 bits per heavy atom. The summed E-state index contributed by atoms with van der Waals surface area (Å²) in [6.07, 6.45) is 18.6. The van der Waals surface area contributed by atoms with Gasteiger partial charge >= 0.3 is 25.7 Å². The van der Waals surface area contributed by atoms with Crippen molar-refractivity contribution in [3.05, 3.63) is 24.8 Å². The second-order valence-electron chi connectivity index (χ2n) is 4.01. The van der Waals surface area contributed by atoms with Crippen molar-refractivity contribution in [1.29, 1.82) is 0 Å². The van der Waals surface area contributed by atoms with Crippen molar-refractivity contribution in [2.75, 3.05) is 0 Å². The summed E-state index contributed by atoms with van der Waals surface area (Å²) in [7, 11) is 0. The third-order valence-electron chi connectivity index (χ3n) is 2.50. The van der Waals surface area contributed by atoms with Crippen molar-refractivity contribution in [3.8, 4) is 0 Å². The van der Waals surface area contributed by atoms with E-state index in [1.54, 1.807) is 0 Å². The Morgan fingerprint density at radius 1 is 0.941 bits per heavy atom. The average Bonchev–Trinajstić information content (AvgIpc) is 2.33. The molecular weight excluding hydrogens is 248 g/mol. The summed E-state index contributed by atoms with van der Waals surface area (Å²) >= 11 is -2.00. The predicted molar refractivity (Wildman–Crippen MR) is 67.9 cm³/mol. The summed E-state index contributed by atoms with van der Waals surface area (Å²) in [5.41, 5.74) is 0. The van der Waals surface area contributed by atoms with Gasteiger partial charge < -0.3 is 0 Å². The molecule has 0 aliphatic carbocycles. The van der Waals surface area contributed by atoms with E-state index in [4.69, 9.17) is 6.65 Å². The van der Waals surface area contributed by atoms with E-state index in [9.17, 15) is 0 Å². The number of rotatable bonds is 10. The molecule has 0 aliphatic rings. The van der Waals surface area contributed by atoms with Crippen LogP contribution in [0.3, 0.4) is 0 Å². The Labute approximate surface area is 115 Å². The van der Waals surface area contributed by atoms with Crippen molar-refractivity contribution < 1.29 is 25.7 Å². The average molecular weight is 274 g/mol. The summed E-state index contributed by atoms with van der Waals surface area (Å²) in [6, 6.07) is 0. The molecule has 3 heteroatoms. The molecule has 2 nitrogen and oxygen atoms in total. The molecule has 0 saturated carbocycles. The van der Waals surface area contributed by atoms with Gasteiger partial charge in [0.05, 0.1) is 0 Å². The summed E-state index contributed by atoms with van der Waals surface area (Å²) < 4.78 is 17.0. The molecule has 0 rings (SSSR count). The molecule has 0 N–H and O–H groups in total. The zero-order valence-corrected chi connectivity index (χ0v) is 12.7. The van der Waals surface area contributed by atoms with Crippen LogP contribution in [0.25, 0.3) is 0 Å². The van der Waals surface area contributed by atoms with Crippen molar-refractivity contribution in [2.24, 2.45) is 0 Å². The quantitative estimate of drug-likeness (QED) is 0.318. The number of unbranched alkanes of at least 4 members (excludes halogenated alkanes) is 8. The van der Waals surface area contributed by atoms with E-state index in [2.05, 4.69) is 19.6 Å². The fraction of sp³-hybridized carbons (Fsp3) is 0.714.